The molecule has 1 aliphatic heterocycles. The third-order valence-electron chi connectivity index (χ3n) is 2.81. The molecule has 1 atom stereocenters. The monoisotopic (exact) mass is 253 g/mol. The summed E-state index contributed by atoms with van der Waals surface area (Å²) in [4.78, 5) is 28.0. The van der Waals surface area contributed by atoms with E-state index < -0.39 is 0 Å². The highest BCUT2D eigenvalue weighted by atomic mass is 32.1. The van der Waals surface area contributed by atoms with Crippen LogP contribution in [-0.2, 0) is 16.1 Å². The van der Waals surface area contributed by atoms with Crippen molar-refractivity contribution >= 4 is 23.2 Å². The van der Waals surface area contributed by atoms with Crippen LogP contribution in [0, 0.1) is 13.8 Å². The lowest BCUT2D eigenvalue weighted by Crippen LogP contribution is -2.50. The first kappa shape index (κ1) is 12.2. The smallest absolute Gasteiger partial charge is 0.243 e. The molecule has 1 saturated heterocycles. The summed E-state index contributed by atoms with van der Waals surface area (Å²) in [5.41, 5.74) is 1.04. The average Bonchev–Trinajstić information content (AvgIpc) is 2.57. The van der Waals surface area contributed by atoms with E-state index in [0.29, 0.717) is 19.4 Å². The van der Waals surface area contributed by atoms with Crippen molar-refractivity contribution in [3.63, 3.8) is 0 Å². The van der Waals surface area contributed by atoms with Gasteiger partial charge >= 0.3 is 0 Å². The molecule has 0 radical (unpaired) electrons. The molecule has 2 N–H and O–H groups in total. The minimum atomic E-state index is -0.280. The van der Waals surface area contributed by atoms with E-state index in [1.807, 2.05) is 13.8 Å². The Morgan fingerprint density at radius 2 is 2.24 bits per heavy atom. The van der Waals surface area contributed by atoms with Crippen molar-refractivity contribution in [3.8, 4) is 0 Å². The van der Waals surface area contributed by atoms with Gasteiger partial charge in [-0.2, -0.15) is 0 Å². The van der Waals surface area contributed by atoms with Gasteiger partial charge in [0, 0.05) is 17.8 Å². The van der Waals surface area contributed by atoms with Crippen LogP contribution in [0.25, 0.3) is 0 Å². The van der Waals surface area contributed by atoms with E-state index in [0.717, 1.165) is 10.7 Å². The molecule has 6 heteroatoms. The lowest BCUT2D eigenvalue weighted by molar-refractivity contribution is -0.134. The minimum Gasteiger partial charge on any atom is -0.299 e. The first-order valence-electron chi connectivity index (χ1n) is 5.56. The zero-order valence-electron chi connectivity index (χ0n) is 9.87. The maximum Gasteiger partial charge on any atom is 0.243 e. The fourth-order valence-electron chi connectivity index (χ4n) is 1.71. The van der Waals surface area contributed by atoms with Crippen molar-refractivity contribution in [2.45, 2.75) is 39.3 Å². The zero-order valence-corrected chi connectivity index (χ0v) is 10.7. The number of hydrogen-bond donors (Lipinski definition) is 2. The number of piperidine rings is 1. The van der Waals surface area contributed by atoms with Crippen LogP contribution in [0.4, 0.5) is 0 Å². The van der Waals surface area contributed by atoms with Gasteiger partial charge in [0.2, 0.25) is 11.8 Å². The second-order valence-corrected chi connectivity index (χ2v) is 5.42. The molecule has 2 rings (SSSR count). The third kappa shape index (κ3) is 2.89. The molecule has 0 aliphatic carbocycles. The second-order valence-electron chi connectivity index (χ2n) is 4.13. The molecule has 1 aliphatic rings. The summed E-state index contributed by atoms with van der Waals surface area (Å²) in [5, 5.41) is 6.43. The number of nitrogens with one attached hydrogen (secondary N) is 2. The van der Waals surface area contributed by atoms with Gasteiger partial charge in [-0.25, -0.2) is 4.98 Å². The number of rotatable bonds is 3. The van der Waals surface area contributed by atoms with Crippen molar-refractivity contribution in [2.24, 2.45) is 0 Å². The quantitative estimate of drug-likeness (QED) is 0.776. The third-order valence-corrected chi connectivity index (χ3v) is 3.88. The summed E-state index contributed by atoms with van der Waals surface area (Å²) in [6.45, 7) is 4.58. The second kappa shape index (κ2) is 4.93. The fraction of sp³-hybridized carbons (Fsp3) is 0.545. The molecule has 0 saturated carbocycles. The molecule has 1 fully saturated rings. The standard InChI is InChI=1S/C11H15N3O2S/c1-6-7(2)17-10(13-6)5-12-8-3-4-9(15)14-11(8)16/h8,12H,3-5H2,1-2H3,(H,14,15,16). The number of aromatic nitrogens is 1. The number of hydrogen-bond acceptors (Lipinski definition) is 5. The van der Waals surface area contributed by atoms with E-state index in [2.05, 4.69) is 15.6 Å². The van der Waals surface area contributed by atoms with E-state index in [4.69, 9.17) is 0 Å². The highest BCUT2D eigenvalue weighted by Gasteiger charge is 2.26. The van der Waals surface area contributed by atoms with Gasteiger partial charge in [0.15, 0.2) is 0 Å². The zero-order chi connectivity index (χ0) is 12.4. The van der Waals surface area contributed by atoms with Gasteiger partial charge in [0.1, 0.15) is 5.01 Å². The number of thiazole rings is 1. The Morgan fingerprint density at radius 3 is 2.82 bits per heavy atom. The SMILES string of the molecule is Cc1nc(CNC2CCC(=O)NC2=O)sc1C. The molecule has 92 valence electrons. The maximum atomic E-state index is 11.5. The molecule has 0 spiro atoms. The Hall–Kier alpha value is -1.27. The van der Waals surface area contributed by atoms with E-state index in [1.54, 1.807) is 11.3 Å². The molecule has 1 aromatic rings. The Balaban J connectivity index is 1.90. The predicted octanol–water partition coefficient (Wildman–Crippen LogP) is 0.655. The highest BCUT2D eigenvalue weighted by Crippen LogP contribution is 2.16. The van der Waals surface area contributed by atoms with Crippen LogP contribution < -0.4 is 10.6 Å². The number of carbonyl (C=O) groups is 2. The largest absolute Gasteiger partial charge is 0.299 e. The van der Waals surface area contributed by atoms with Gasteiger partial charge in [-0.1, -0.05) is 0 Å². The van der Waals surface area contributed by atoms with Crippen molar-refractivity contribution in [3.05, 3.63) is 15.6 Å². The van der Waals surface area contributed by atoms with Gasteiger partial charge in [0.25, 0.3) is 0 Å². The van der Waals surface area contributed by atoms with Gasteiger partial charge in [-0.15, -0.1) is 11.3 Å². The predicted molar refractivity (Wildman–Crippen MR) is 64.6 cm³/mol. The van der Waals surface area contributed by atoms with Gasteiger partial charge in [-0.05, 0) is 20.3 Å². The first-order valence-corrected chi connectivity index (χ1v) is 6.38. The van der Waals surface area contributed by atoms with Crippen molar-refractivity contribution in [2.75, 3.05) is 0 Å². The van der Waals surface area contributed by atoms with Crippen LogP contribution in [0.5, 0.6) is 0 Å². The Morgan fingerprint density at radius 1 is 1.47 bits per heavy atom. The van der Waals surface area contributed by atoms with Crippen LogP contribution in [-0.4, -0.2) is 22.8 Å². The van der Waals surface area contributed by atoms with Gasteiger partial charge in [0.05, 0.1) is 11.7 Å². The summed E-state index contributed by atoms with van der Waals surface area (Å²) in [7, 11) is 0. The first-order chi connectivity index (χ1) is 8.06. The molecular formula is C11H15N3O2S. The lowest BCUT2D eigenvalue weighted by Gasteiger charge is -2.21. The van der Waals surface area contributed by atoms with Crippen LogP contribution in [0.3, 0.4) is 0 Å². The Bertz CT molecular complexity index is 436. The highest BCUT2D eigenvalue weighted by molar-refractivity contribution is 7.11. The number of imide groups is 1. The van der Waals surface area contributed by atoms with Gasteiger partial charge < -0.3 is 0 Å². The van der Waals surface area contributed by atoms with Crippen molar-refractivity contribution in [1.29, 1.82) is 0 Å². The Kier molecular flexibility index (Phi) is 3.54. The Labute approximate surface area is 104 Å². The number of aryl methyl sites for hydroxylation is 2. The van der Waals surface area contributed by atoms with Crippen molar-refractivity contribution in [1.82, 2.24) is 15.6 Å². The van der Waals surface area contributed by atoms with E-state index >= 15 is 0 Å². The molecule has 0 aromatic carbocycles. The lowest BCUT2D eigenvalue weighted by atomic mass is 10.1. The molecule has 17 heavy (non-hydrogen) atoms. The molecule has 0 bridgehead atoms. The minimum absolute atomic E-state index is 0.186. The van der Waals surface area contributed by atoms with Crippen LogP contribution in [0.15, 0.2) is 0 Å². The van der Waals surface area contributed by atoms with Crippen molar-refractivity contribution < 1.29 is 9.59 Å². The summed E-state index contributed by atoms with van der Waals surface area (Å²) < 4.78 is 0. The van der Waals surface area contributed by atoms with E-state index in [1.165, 1.54) is 4.88 Å². The number of nitrogens with zero attached hydrogens (tertiary/aromatic N) is 1. The molecule has 2 heterocycles. The van der Waals surface area contributed by atoms with Crippen LogP contribution in [0.1, 0.15) is 28.4 Å². The normalized spacial score (nSPS) is 20.5. The summed E-state index contributed by atoms with van der Waals surface area (Å²) in [5.74, 6) is -0.416. The van der Waals surface area contributed by atoms with E-state index in [9.17, 15) is 9.59 Å². The van der Waals surface area contributed by atoms with Crippen LogP contribution in [0.2, 0.25) is 0 Å². The molecule has 1 unspecified atom stereocenters. The summed E-state index contributed by atoms with van der Waals surface area (Å²) in [6, 6.07) is -0.280. The topological polar surface area (TPSA) is 71.1 Å². The molecule has 2 amide bonds. The number of amides is 2. The van der Waals surface area contributed by atoms with E-state index in [-0.39, 0.29) is 17.9 Å². The van der Waals surface area contributed by atoms with Crippen LogP contribution >= 0.6 is 11.3 Å². The maximum absolute atomic E-state index is 11.5. The average molecular weight is 253 g/mol. The summed E-state index contributed by atoms with van der Waals surface area (Å²) in [6.07, 6.45) is 0.966. The summed E-state index contributed by atoms with van der Waals surface area (Å²) >= 11 is 1.63. The molecule has 5 nitrogen and oxygen atoms in total. The fourth-order valence-corrected chi connectivity index (χ4v) is 2.60. The molecule has 1 aromatic heterocycles. The van der Waals surface area contributed by atoms with Gasteiger partial charge in [-0.3, -0.25) is 20.2 Å². The number of carbonyl (C=O) groups excluding carboxylic acids is 2. The molecular weight excluding hydrogens is 238 g/mol.